The van der Waals surface area contributed by atoms with E-state index < -0.39 is 0 Å². The Kier molecular flexibility index (Phi) is 10.2. The van der Waals surface area contributed by atoms with Crippen LogP contribution < -0.4 is 4.68 Å². The van der Waals surface area contributed by atoms with Crippen LogP contribution in [0.15, 0.2) is 0 Å². The van der Waals surface area contributed by atoms with Gasteiger partial charge >= 0.3 is 5.65 Å². The van der Waals surface area contributed by atoms with E-state index in [1.165, 1.54) is 27.8 Å². The van der Waals surface area contributed by atoms with Gasteiger partial charge in [-0.05, 0) is 122 Å². The molecule has 47 heavy (non-hydrogen) atoms. The van der Waals surface area contributed by atoms with Crippen molar-refractivity contribution in [3.8, 4) is 0 Å². The Morgan fingerprint density at radius 3 is 1.64 bits per heavy atom. The highest BCUT2D eigenvalue weighted by atomic mass is 15.5. The third-order valence-electron chi connectivity index (χ3n) is 8.92. The summed E-state index contributed by atoms with van der Waals surface area (Å²) in [5.74, 6) is 1.66. The summed E-state index contributed by atoms with van der Waals surface area (Å²) in [5, 5.41) is 11.3. The second-order valence-corrected chi connectivity index (χ2v) is 13.6. The molecule has 0 aliphatic rings. The minimum Gasteiger partial charge on any atom is -0.327 e. The Labute approximate surface area is 279 Å². The summed E-state index contributed by atoms with van der Waals surface area (Å²) in [6.45, 7) is 33.4. The summed E-state index contributed by atoms with van der Waals surface area (Å²) in [6.07, 6.45) is 0. The van der Waals surface area contributed by atoms with E-state index in [2.05, 4.69) is 123 Å². The standard InChI is InChI=1S/C13H19N3.C12H19N4.C11H16N4/c1-7(2)16-10(5)8(3)12-9(4)14-11(6)15-13(12)16;1-7(2)16-12-11(15(6)14-16)9(4)8(3)10(5)13-12;1-6(2)15-11-10(8(4)14-15)7(3)12-9(5)13-11/h2*7H,1-6H3;6H,1-5H3/q;+1;. The SMILES string of the molecule is Cc1nc(C)c2c(C)c(C)n(C(C)C)c2n1.Cc1nc(C)c2c(C)nn(C(C)C)c2n1.Cc1nc2c(c(C)c1C)n(C)n[n+]2C(C)C. The van der Waals surface area contributed by atoms with Crippen LogP contribution in [0.2, 0.25) is 0 Å². The van der Waals surface area contributed by atoms with Gasteiger partial charge in [-0.3, -0.25) is 0 Å². The lowest BCUT2D eigenvalue weighted by Gasteiger charge is -2.11. The molecule has 0 aliphatic heterocycles. The highest BCUT2D eigenvalue weighted by Gasteiger charge is 2.23. The average molecular weight is 641 g/mol. The van der Waals surface area contributed by atoms with E-state index in [1.54, 1.807) is 0 Å². The number of rotatable bonds is 3. The Hall–Kier alpha value is -4.28. The fourth-order valence-corrected chi connectivity index (χ4v) is 6.40. The number of hydrogen-bond donors (Lipinski definition) is 0. The van der Waals surface area contributed by atoms with E-state index in [1.807, 2.05) is 48.8 Å². The average Bonchev–Trinajstić information content (AvgIpc) is 3.56. The van der Waals surface area contributed by atoms with E-state index in [0.29, 0.717) is 18.1 Å². The molecule has 0 atom stereocenters. The summed E-state index contributed by atoms with van der Waals surface area (Å²) in [6, 6.07) is 1.09. The molecule has 0 saturated heterocycles. The molecule has 0 unspecified atom stereocenters. The maximum absolute atomic E-state index is 4.66. The van der Waals surface area contributed by atoms with Crippen molar-refractivity contribution in [3.63, 3.8) is 0 Å². The molecule has 0 bridgehead atoms. The lowest BCUT2D eigenvalue weighted by Crippen LogP contribution is -2.39. The summed E-state index contributed by atoms with van der Waals surface area (Å²) >= 11 is 0. The van der Waals surface area contributed by atoms with Crippen molar-refractivity contribution >= 4 is 33.2 Å². The molecule has 0 aromatic carbocycles. The van der Waals surface area contributed by atoms with Crippen molar-refractivity contribution in [2.45, 2.75) is 129 Å². The van der Waals surface area contributed by atoms with Gasteiger partial charge < -0.3 is 4.57 Å². The molecule has 0 N–H and O–H groups in total. The lowest BCUT2D eigenvalue weighted by molar-refractivity contribution is -0.752. The van der Waals surface area contributed by atoms with Crippen LogP contribution in [0, 0.1) is 69.2 Å². The summed E-state index contributed by atoms with van der Waals surface area (Å²) in [7, 11) is 1.98. The van der Waals surface area contributed by atoms with E-state index in [4.69, 9.17) is 0 Å². The molecule has 0 spiro atoms. The first kappa shape index (κ1) is 35.6. The van der Waals surface area contributed by atoms with Crippen LogP contribution in [0.4, 0.5) is 0 Å². The largest absolute Gasteiger partial charge is 0.327 e. The normalized spacial score (nSPS) is 11.7. The molecule has 11 nitrogen and oxygen atoms in total. The molecule has 6 rings (SSSR count). The molecule has 6 aromatic rings. The molecule has 0 aliphatic carbocycles. The number of aromatic nitrogens is 11. The van der Waals surface area contributed by atoms with Crippen molar-refractivity contribution in [3.05, 3.63) is 56.8 Å². The molecule has 6 heterocycles. The van der Waals surface area contributed by atoms with Gasteiger partial charge in [-0.2, -0.15) is 9.78 Å². The molecule has 6 aromatic heterocycles. The van der Waals surface area contributed by atoms with Crippen molar-refractivity contribution in [1.82, 2.24) is 49.2 Å². The molecular weight excluding hydrogens is 586 g/mol. The van der Waals surface area contributed by atoms with Crippen molar-refractivity contribution in [1.29, 1.82) is 0 Å². The minimum atomic E-state index is 0.329. The Morgan fingerprint density at radius 2 is 1.11 bits per heavy atom. The first-order valence-electron chi connectivity index (χ1n) is 16.6. The Balaban J connectivity index is 0.000000160. The molecule has 0 fully saturated rings. The van der Waals surface area contributed by atoms with Crippen LogP contribution in [0.5, 0.6) is 0 Å². The third-order valence-corrected chi connectivity index (χ3v) is 8.92. The van der Waals surface area contributed by atoms with Crippen molar-refractivity contribution in [2.24, 2.45) is 7.05 Å². The van der Waals surface area contributed by atoms with Crippen LogP contribution in [-0.2, 0) is 7.05 Å². The molecular formula is C36H54N11+. The maximum atomic E-state index is 4.66. The smallest absolute Gasteiger partial charge is 0.323 e. The van der Waals surface area contributed by atoms with Crippen molar-refractivity contribution in [2.75, 3.05) is 0 Å². The predicted octanol–water partition coefficient (Wildman–Crippen LogP) is 7.34. The van der Waals surface area contributed by atoms with Crippen molar-refractivity contribution < 1.29 is 4.68 Å². The first-order chi connectivity index (χ1) is 21.9. The lowest BCUT2D eigenvalue weighted by atomic mass is 10.1. The zero-order valence-corrected chi connectivity index (χ0v) is 31.7. The summed E-state index contributed by atoms with van der Waals surface area (Å²) in [5.41, 5.74) is 13.5. The highest BCUT2D eigenvalue weighted by molar-refractivity contribution is 5.84. The van der Waals surface area contributed by atoms with E-state index >= 15 is 0 Å². The molecule has 0 saturated carbocycles. The molecule has 0 amide bonds. The predicted molar refractivity (Wildman–Crippen MR) is 190 cm³/mol. The van der Waals surface area contributed by atoms with Gasteiger partial charge in [-0.15, -0.1) is 9.67 Å². The zero-order chi connectivity index (χ0) is 35.2. The first-order valence-corrected chi connectivity index (χ1v) is 16.6. The van der Waals surface area contributed by atoms with Crippen LogP contribution in [0.1, 0.15) is 116 Å². The topological polar surface area (TPSA) is 109 Å². The van der Waals surface area contributed by atoms with Gasteiger partial charge in [0.05, 0.1) is 35.6 Å². The molecule has 0 radical (unpaired) electrons. The molecule has 252 valence electrons. The van der Waals surface area contributed by atoms with Gasteiger partial charge in [0.1, 0.15) is 23.0 Å². The number of fused-ring (bicyclic) bond motifs is 3. The van der Waals surface area contributed by atoms with Gasteiger partial charge in [0.15, 0.2) is 5.65 Å². The Morgan fingerprint density at radius 1 is 0.553 bits per heavy atom. The van der Waals surface area contributed by atoms with E-state index in [9.17, 15) is 0 Å². The monoisotopic (exact) mass is 640 g/mol. The fraction of sp³-hybridized carbons (Fsp3) is 0.556. The number of aryl methyl sites for hydroxylation is 9. The number of nitrogens with zero attached hydrogens (tertiary/aromatic N) is 11. The van der Waals surface area contributed by atoms with Gasteiger partial charge in [0, 0.05) is 33.9 Å². The van der Waals surface area contributed by atoms with Crippen LogP contribution in [-0.4, -0.2) is 49.2 Å². The quantitative estimate of drug-likeness (QED) is 0.186. The second-order valence-electron chi connectivity index (χ2n) is 13.6. The fourth-order valence-electron chi connectivity index (χ4n) is 6.40. The van der Waals surface area contributed by atoms with Crippen LogP contribution in [0.25, 0.3) is 33.2 Å². The molecule has 11 heteroatoms. The van der Waals surface area contributed by atoms with Gasteiger partial charge in [-0.1, -0.05) is 0 Å². The number of hydrogen-bond acceptors (Lipinski definition) is 7. The van der Waals surface area contributed by atoms with Gasteiger partial charge in [0.2, 0.25) is 5.52 Å². The summed E-state index contributed by atoms with van der Waals surface area (Å²) < 4.78 is 8.16. The van der Waals surface area contributed by atoms with Crippen LogP contribution >= 0.6 is 0 Å². The highest BCUT2D eigenvalue weighted by Crippen LogP contribution is 2.29. The Bertz CT molecular complexity index is 2090. The third kappa shape index (κ3) is 6.62. The van der Waals surface area contributed by atoms with Gasteiger partial charge in [0.25, 0.3) is 0 Å². The maximum Gasteiger partial charge on any atom is 0.323 e. The minimum absolute atomic E-state index is 0.329. The van der Waals surface area contributed by atoms with E-state index in [0.717, 1.165) is 62.3 Å². The zero-order valence-electron chi connectivity index (χ0n) is 31.7. The summed E-state index contributed by atoms with van der Waals surface area (Å²) in [4.78, 5) is 22.5. The second kappa shape index (κ2) is 13.4. The van der Waals surface area contributed by atoms with Gasteiger partial charge in [-0.25, -0.2) is 24.6 Å². The van der Waals surface area contributed by atoms with E-state index in [-0.39, 0.29) is 0 Å². The van der Waals surface area contributed by atoms with Crippen LogP contribution in [0.3, 0.4) is 0 Å². The number of pyridine rings is 1.